The van der Waals surface area contributed by atoms with Crippen LogP contribution in [0.15, 0.2) is 192 Å². The summed E-state index contributed by atoms with van der Waals surface area (Å²) in [5, 5.41) is 6.72. The fourth-order valence-electron chi connectivity index (χ4n) is 8.59. The van der Waals surface area contributed by atoms with Gasteiger partial charge in [-0.05, 0) is 48.0 Å². The third-order valence-corrected chi connectivity index (χ3v) is 11.2. The van der Waals surface area contributed by atoms with Crippen LogP contribution in [0, 0.1) is 0 Å². The number of furan rings is 1. The summed E-state index contributed by atoms with van der Waals surface area (Å²) in [5.74, 6) is 1.82. The molecule has 0 N–H and O–H groups in total. The van der Waals surface area contributed by atoms with E-state index >= 15 is 0 Å². The topological polar surface area (TPSA) is 61.7 Å². The van der Waals surface area contributed by atoms with Crippen LogP contribution in [0.1, 0.15) is 0 Å². The highest BCUT2D eigenvalue weighted by Crippen LogP contribution is 2.43. The summed E-state index contributed by atoms with van der Waals surface area (Å²) in [4.78, 5) is 15.4. The molecule has 0 spiro atoms. The maximum atomic E-state index is 6.58. The molecule has 0 bridgehead atoms. The van der Waals surface area contributed by atoms with Crippen molar-refractivity contribution in [3.63, 3.8) is 0 Å². The van der Waals surface area contributed by atoms with Gasteiger partial charge in [-0.1, -0.05) is 146 Å². The van der Waals surface area contributed by atoms with Crippen molar-refractivity contribution in [1.29, 1.82) is 0 Å². The van der Waals surface area contributed by atoms with E-state index in [1.165, 1.54) is 0 Å². The average Bonchev–Trinajstić information content (AvgIpc) is 3.93. The van der Waals surface area contributed by atoms with Crippen LogP contribution >= 0.6 is 0 Å². The zero-order valence-corrected chi connectivity index (χ0v) is 30.5. The largest absolute Gasteiger partial charge is 0.455 e. The van der Waals surface area contributed by atoms with Crippen molar-refractivity contribution in [2.75, 3.05) is 0 Å². The zero-order chi connectivity index (χ0) is 37.5. The van der Waals surface area contributed by atoms with E-state index in [2.05, 4.69) is 130 Å². The van der Waals surface area contributed by atoms with Gasteiger partial charge in [0, 0.05) is 54.7 Å². The molecule has 0 aliphatic rings. The molecule has 57 heavy (non-hydrogen) atoms. The minimum Gasteiger partial charge on any atom is -0.455 e. The summed E-state index contributed by atoms with van der Waals surface area (Å²) in [5.41, 5.74) is 11.2. The quantitative estimate of drug-likeness (QED) is 0.177. The molecule has 6 nitrogen and oxygen atoms in total. The van der Waals surface area contributed by atoms with Crippen molar-refractivity contribution in [3.8, 4) is 45.5 Å². The first kappa shape index (κ1) is 31.5. The Morgan fingerprint density at radius 2 is 0.842 bits per heavy atom. The summed E-state index contributed by atoms with van der Waals surface area (Å²) in [7, 11) is 0. The number of aromatic nitrogens is 5. The number of hydrogen-bond acceptors (Lipinski definition) is 4. The van der Waals surface area contributed by atoms with Crippen molar-refractivity contribution < 1.29 is 4.42 Å². The predicted molar refractivity (Wildman–Crippen MR) is 232 cm³/mol. The van der Waals surface area contributed by atoms with Crippen LogP contribution in [0.25, 0.3) is 111 Å². The van der Waals surface area contributed by atoms with E-state index in [0.717, 1.165) is 93.5 Å². The van der Waals surface area contributed by atoms with Gasteiger partial charge in [-0.15, -0.1) is 0 Å². The standard InChI is InChI=1S/C51H31N5O/c1-4-16-32(17-5-1)39-28-35(29-42-38-24-12-15-27-47(38)57-48(39)42)55-43-25-13-10-22-36(43)40-31-46-41(30-45(40)55)37-23-11-14-26-44(37)56(46)51-53-49(33-18-6-2-7-19-33)52-50(54-51)34-20-8-3-9-21-34/h1-31H. The number of benzene rings is 8. The molecule has 266 valence electrons. The Balaban J connectivity index is 1.17. The number of nitrogens with zero attached hydrogens (tertiary/aromatic N) is 5. The highest BCUT2D eigenvalue weighted by Gasteiger charge is 2.22. The van der Waals surface area contributed by atoms with Gasteiger partial charge in [0.2, 0.25) is 5.95 Å². The molecule has 6 heteroatoms. The second-order valence-corrected chi connectivity index (χ2v) is 14.4. The smallest absolute Gasteiger partial charge is 0.238 e. The molecule has 12 aromatic rings. The molecule has 0 atom stereocenters. The lowest BCUT2D eigenvalue weighted by Crippen LogP contribution is -2.06. The first-order valence-corrected chi connectivity index (χ1v) is 19.1. The third-order valence-electron chi connectivity index (χ3n) is 11.2. The Morgan fingerprint density at radius 3 is 1.46 bits per heavy atom. The van der Waals surface area contributed by atoms with Crippen LogP contribution in [0.5, 0.6) is 0 Å². The summed E-state index contributed by atoms with van der Waals surface area (Å²) >= 11 is 0. The van der Waals surface area contributed by atoms with Gasteiger partial charge in [0.1, 0.15) is 11.2 Å². The highest BCUT2D eigenvalue weighted by molar-refractivity contribution is 6.19. The van der Waals surface area contributed by atoms with E-state index in [0.29, 0.717) is 17.6 Å². The van der Waals surface area contributed by atoms with Crippen LogP contribution in [0.3, 0.4) is 0 Å². The summed E-state index contributed by atoms with van der Waals surface area (Å²) in [6.45, 7) is 0. The minimum atomic E-state index is 0.571. The molecule has 0 saturated heterocycles. The lowest BCUT2D eigenvalue weighted by atomic mass is 10.0. The minimum absolute atomic E-state index is 0.571. The van der Waals surface area contributed by atoms with Crippen LogP contribution in [-0.2, 0) is 0 Å². The molecule has 8 aromatic carbocycles. The van der Waals surface area contributed by atoms with Crippen LogP contribution in [0.4, 0.5) is 0 Å². The summed E-state index contributed by atoms with van der Waals surface area (Å²) in [6.07, 6.45) is 0. The van der Waals surface area contributed by atoms with Crippen molar-refractivity contribution in [2.24, 2.45) is 0 Å². The van der Waals surface area contributed by atoms with Crippen molar-refractivity contribution in [3.05, 3.63) is 188 Å². The normalized spacial score (nSPS) is 11.9. The number of para-hydroxylation sites is 3. The van der Waals surface area contributed by atoms with Crippen molar-refractivity contribution in [1.82, 2.24) is 24.1 Å². The molecule has 0 amide bonds. The second kappa shape index (κ2) is 12.3. The highest BCUT2D eigenvalue weighted by atomic mass is 16.3. The lowest BCUT2D eigenvalue weighted by molar-refractivity contribution is 0.670. The van der Waals surface area contributed by atoms with Gasteiger partial charge in [-0.3, -0.25) is 4.57 Å². The van der Waals surface area contributed by atoms with Gasteiger partial charge in [0.05, 0.1) is 22.1 Å². The Morgan fingerprint density at radius 1 is 0.351 bits per heavy atom. The van der Waals surface area contributed by atoms with Gasteiger partial charge in [-0.2, -0.15) is 9.97 Å². The molecular formula is C51H31N5O. The molecular weight excluding hydrogens is 699 g/mol. The zero-order valence-electron chi connectivity index (χ0n) is 30.5. The molecule has 4 heterocycles. The third kappa shape index (κ3) is 4.87. The molecule has 0 unspecified atom stereocenters. The summed E-state index contributed by atoms with van der Waals surface area (Å²) in [6, 6.07) is 65.6. The van der Waals surface area contributed by atoms with Gasteiger partial charge in [0.15, 0.2) is 11.6 Å². The number of fused-ring (bicyclic) bond motifs is 9. The first-order chi connectivity index (χ1) is 28.3. The van der Waals surface area contributed by atoms with Crippen LogP contribution in [0.2, 0.25) is 0 Å². The number of hydrogen-bond donors (Lipinski definition) is 0. The maximum absolute atomic E-state index is 6.58. The molecule has 0 fully saturated rings. The van der Waals surface area contributed by atoms with E-state index in [9.17, 15) is 0 Å². The fourth-order valence-corrected chi connectivity index (χ4v) is 8.59. The van der Waals surface area contributed by atoms with Gasteiger partial charge >= 0.3 is 0 Å². The van der Waals surface area contributed by atoms with E-state index in [1.54, 1.807) is 0 Å². The monoisotopic (exact) mass is 729 g/mol. The van der Waals surface area contributed by atoms with E-state index < -0.39 is 0 Å². The number of rotatable bonds is 5. The molecule has 0 radical (unpaired) electrons. The van der Waals surface area contributed by atoms with Gasteiger partial charge in [-0.25, -0.2) is 4.98 Å². The Bertz CT molecular complexity index is 3450. The van der Waals surface area contributed by atoms with Crippen LogP contribution in [-0.4, -0.2) is 24.1 Å². The fraction of sp³-hybridized carbons (Fsp3) is 0. The Hall–Kier alpha value is -7.83. The molecule has 12 rings (SSSR count). The van der Waals surface area contributed by atoms with E-state index in [1.807, 2.05) is 66.7 Å². The van der Waals surface area contributed by atoms with Gasteiger partial charge in [0.25, 0.3) is 0 Å². The second-order valence-electron chi connectivity index (χ2n) is 14.4. The van der Waals surface area contributed by atoms with E-state index in [-0.39, 0.29) is 0 Å². The van der Waals surface area contributed by atoms with E-state index in [4.69, 9.17) is 19.4 Å². The average molecular weight is 730 g/mol. The lowest BCUT2D eigenvalue weighted by Gasteiger charge is -2.12. The molecule has 0 aliphatic carbocycles. The molecule has 0 aliphatic heterocycles. The Kier molecular flexibility index (Phi) is 6.83. The SMILES string of the molecule is c1ccc(-c2nc(-c3ccccc3)nc(-n3c4ccccc4c4cc5c(cc43)c3ccccc3n5-c3cc(-c4ccccc4)c4oc5ccccc5c4c3)n2)cc1. The molecule has 4 aromatic heterocycles. The first-order valence-electron chi connectivity index (χ1n) is 19.1. The molecule has 0 saturated carbocycles. The Labute approximate surface area is 326 Å². The van der Waals surface area contributed by atoms with Crippen molar-refractivity contribution >= 4 is 65.6 Å². The maximum Gasteiger partial charge on any atom is 0.238 e. The van der Waals surface area contributed by atoms with Crippen molar-refractivity contribution in [2.45, 2.75) is 0 Å². The van der Waals surface area contributed by atoms with Gasteiger partial charge < -0.3 is 8.98 Å². The predicted octanol–water partition coefficient (Wildman–Crippen LogP) is 13.0. The summed E-state index contributed by atoms with van der Waals surface area (Å²) < 4.78 is 11.2. The van der Waals surface area contributed by atoms with Crippen LogP contribution < -0.4 is 0 Å².